The van der Waals surface area contributed by atoms with Gasteiger partial charge in [-0.25, -0.2) is 8.42 Å². The summed E-state index contributed by atoms with van der Waals surface area (Å²) in [6, 6.07) is 23.1. The maximum absolute atomic E-state index is 13.0. The molecule has 0 unspecified atom stereocenters. The summed E-state index contributed by atoms with van der Waals surface area (Å²) < 4.78 is 48.3. The van der Waals surface area contributed by atoms with Gasteiger partial charge in [0.1, 0.15) is 0 Å². The Hall–Kier alpha value is -3.06. The van der Waals surface area contributed by atoms with Crippen molar-refractivity contribution >= 4 is 21.4 Å². The fourth-order valence-corrected chi connectivity index (χ4v) is 3.55. The van der Waals surface area contributed by atoms with Crippen LogP contribution in [0.25, 0.3) is 0 Å². The van der Waals surface area contributed by atoms with Crippen LogP contribution in [0.5, 0.6) is 0 Å². The molecule has 0 atom stereocenters. The summed E-state index contributed by atoms with van der Waals surface area (Å²) in [5, 5.41) is 2.73. The van der Waals surface area contributed by atoms with E-state index in [1.807, 2.05) is 60.7 Å². The number of nitrogens with one attached hydrogen (secondary N) is 1. The summed E-state index contributed by atoms with van der Waals surface area (Å²) in [6.07, 6.45) is 0. The fraction of sp³-hybridized carbons (Fsp3) is 0.0952. The number of halogens is 2. The van der Waals surface area contributed by atoms with Gasteiger partial charge in [-0.3, -0.25) is 4.79 Å². The van der Waals surface area contributed by atoms with Crippen LogP contribution in [0.1, 0.15) is 17.0 Å². The van der Waals surface area contributed by atoms with Gasteiger partial charge in [-0.05, 0) is 35.4 Å². The summed E-state index contributed by atoms with van der Waals surface area (Å²) in [5.74, 6) is -4.39. The first-order valence-corrected chi connectivity index (χ1v) is 9.97. The number of benzene rings is 3. The molecule has 0 saturated carbocycles. The summed E-state index contributed by atoms with van der Waals surface area (Å²) in [5.41, 5.74) is 1.90. The molecular formula is C21H17F2NO3S. The highest BCUT2D eigenvalue weighted by molar-refractivity contribution is 7.91. The predicted octanol–water partition coefficient (Wildman–Crippen LogP) is 4.45. The van der Waals surface area contributed by atoms with E-state index < -0.39 is 26.4 Å². The van der Waals surface area contributed by atoms with Crippen molar-refractivity contribution in [3.8, 4) is 0 Å². The van der Waals surface area contributed by atoms with Crippen molar-refractivity contribution in [3.05, 3.63) is 96.1 Å². The number of amides is 1. The molecule has 0 aliphatic carbocycles. The van der Waals surface area contributed by atoms with Crippen LogP contribution in [0.15, 0.2) is 89.8 Å². The molecule has 1 N–H and O–H groups in total. The molecule has 4 nitrogen and oxygen atoms in total. The smallest absolute Gasteiger partial charge is 0.325 e. The lowest BCUT2D eigenvalue weighted by molar-refractivity contribution is -0.116. The minimum Gasteiger partial charge on any atom is -0.325 e. The molecule has 0 bridgehead atoms. The van der Waals surface area contributed by atoms with E-state index in [2.05, 4.69) is 5.32 Å². The first-order valence-electron chi connectivity index (χ1n) is 8.42. The molecule has 0 spiro atoms. The van der Waals surface area contributed by atoms with E-state index in [0.29, 0.717) is 5.69 Å². The molecular weight excluding hydrogens is 384 g/mol. The third kappa shape index (κ3) is 4.26. The molecule has 3 aromatic carbocycles. The lowest BCUT2D eigenvalue weighted by Crippen LogP contribution is -2.22. The van der Waals surface area contributed by atoms with Crippen LogP contribution < -0.4 is 5.32 Å². The van der Waals surface area contributed by atoms with Crippen molar-refractivity contribution in [2.75, 3.05) is 5.32 Å². The zero-order valence-corrected chi connectivity index (χ0v) is 15.4. The lowest BCUT2D eigenvalue weighted by Gasteiger charge is -2.18. The number of carbonyl (C=O) groups is 1. The zero-order chi connectivity index (χ0) is 20.1. The van der Waals surface area contributed by atoms with Crippen LogP contribution in [0, 0.1) is 0 Å². The number of rotatable bonds is 6. The number of anilines is 1. The van der Waals surface area contributed by atoms with E-state index in [1.54, 1.807) is 0 Å². The van der Waals surface area contributed by atoms with E-state index >= 15 is 0 Å². The Balaban J connectivity index is 1.87. The van der Waals surface area contributed by atoms with Gasteiger partial charge in [0, 0.05) is 5.69 Å². The van der Waals surface area contributed by atoms with Crippen LogP contribution in [0.2, 0.25) is 0 Å². The molecule has 1 amide bonds. The van der Waals surface area contributed by atoms with Crippen molar-refractivity contribution in [3.63, 3.8) is 0 Å². The second-order valence-corrected chi connectivity index (χ2v) is 7.99. The quantitative estimate of drug-likeness (QED) is 0.664. The third-order valence-corrected chi connectivity index (χ3v) is 5.61. The molecule has 3 aromatic rings. The molecule has 0 saturated heterocycles. The monoisotopic (exact) mass is 401 g/mol. The maximum Gasteiger partial charge on any atom is 0.341 e. The Bertz CT molecular complexity index is 999. The summed E-state index contributed by atoms with van der Waals surface area (Å²) in [4.78, 5) is 12.5. The van der Waals surface area contributed by atoms with E-state index in [9.17, 15) is 22.0 Å². The van der Waals surface area contributed by atoms with Gasteiger partial charge >= 0.3 is 5.76 Å². The average Bonchev–Trinajstić information content (AvgIpc) is 2.70. The highest BCUT2D eigenvalue weighted by Gasteiger charge is 2.27. The molecule has 28 heavy (non-hydrogen) atoms. The standard InChI is InChI=1S/C21H17F2NO3S/c22-21(23)28(26,27)18-13-11-17(12-14-18)24-20(25)19(15-7-3-1-4-8-15)16-9-5-2-6-10-16/h1-14,19,21H,(H,24,25). The minimum atomic E-state index is -4.67. The van der Waals surface area contributed by atoms with E-state index in [1.165, 1.54) is 12.1 Å². The second kappa shape index (κ2) is 8.31. The SMILES string of the molecule is O=C(Nc1ccc(S(=O)(=O)C(F)F)cc1)C(c1ccccc1)c1ccccc1. The lowest BCUT2D eigenvalue weighted by atomic mass is 9.90. The highest BCUT2D eigenvalue weighted by Crippen LogP contribution is 2.27. The molecule has 0 aromatic heterocycles. The Morgan fingerprint density at radius 2 is 1.21 bits per heavy atom. The molecule has 0 heterocycles. The van der Waals surface area contributed by atoms with Crippen molar-refractivity contribution < 1.29 is 22.0 Å². The van der Waals surface area contributed by atoms with Gasteiger partial charge in [0.05, 0.1) is 10.8 Å². The number of alkyl halides is 2. The van der Waals surface area contributed by atoms with Crippen molar-refractivity contribution in [2.45, 2.75) is 16.6 Å². The van der Waals surface area contributed by atoms with Crippen LogP contribution >= 0.6 is 0 Å². The van der Waals surface area contributed by atoms with Crippen LogP contribution in [-0.2, 0) is 14.6 Å². The van der Waals surface area contributed by atoms with Crippen LogP contribution in [0.3, 0.4) is 0 Å². The molecule has 3 rings (SSSR count). The van der Waals surface area contributed by atoms with Gasteiger partial charge in [-0.15, -0.1) is 0 Å². The number of sulfone groups is 1. The Labute approximate surface area is 161 Å². The maximum atomic E-state index is 13.0. The zero-order valence-electron chi connectivity index (χ0n) is 14.6. The van der Waals surface area contributed by atoms with Gasteiger partial charge in [-0.1, -0.05) is 60.7 Å². The van der Waals surface area contributed by atoms with Crippen molar-refractivity contribution in [2.24, 2.45) is 0 Å². The number of carbonyl (C=O) groups excluding carboxylic acids is 1. The van der Waals surface area contributed by atoms with Crippen molar-refractivity contribution in [1.82, 2.24) is 0 Å². The van der Waals surface area contributed by atoms with Crippen LogP contribution in [-0.4, -0.2) is 20.1 Å². The van der Waals surface area contributed by atoms with Gasteiger partial charge in [0.15, 0.2) is 0 Å². The van der Waals surface area contributed by atoms with Gasteiger partial charge in [-0.2, -0.15) is 8.78 Å². The summed E-state index contributed by atoms with van der Waals surface area (Å²) >= 11 is 0. The Kier molecular flexibility index (Phi) is 5.84. The van der Waals surface area contributed by atoms with E-state index in [0.717, 1.165) is 23.3 Å². The number of hydrogen-bond acceptors (Lipinski definition) is 3. The van der Waals surface area contributed by atoms with Gasteiger partial charge in [0.2, 0.25) is 15.7 Å². The van der Waals surface area contributed by atoms with Gasteiger partial charge in [0.25, 0.3) is 0 Å². The van der Waals surface area contributed by atoms with Gasteiger partial charge < -0.3 is 5.32 Å². The minimum absolute atomic E-state index is 0.315. The molecule has 7 heteroatoms. The topological polar surface area (TPSA) is 63.2 Å². The largest absolute Gasteiger partial charge is 0.341 e. The Morgan fingerprint density at radius 3 is 1.64 bits per heavy atom. The second-order valence-electron chi connectivity index (χ2n) is 6.07. The fourth-order valence-electron chi connectivity index (χ4n) is 2.83. The third-order valence-electron chi connectivity index (χ3n) is 4.21. The molecule has 0 fully saturated rings. The summed E-state index contributed by atoms with van der Waals surface area (Å²) in [7, 11) is -4.67. The Morgan fingerprint density at radius 1 is 0.750 bits per heavy atom. The molecule has 0 radical (unpaired) electrons. The molecule has 0 aliphatic heterocycles. The number of hydrogen-bond donors (Lipinski definition) is 1. The van der Waals surface area contributed by atoms with E-state index in [4.69, 9.17) is 0 Å². The highest BCUT2D eigenvalue weighted by atomic mass is 32.2. The van der Waals surface area contributed by atoms with Crippen molar-refractivity contribution in [1.29, 1.82) is 0 Å². The summed E-state index contributed by atoms with van der Waals surface area (Å²) in [6.45, 7) is 0. The molecule has 0 aliphatic rings. The molecule has 144 valence electrons. The van der Waals surface area contributed by atoms with Crippen LogP contribution in [0.4, 0.5) is 14.5 Å². The predicted molar refractivity (Wildman–Crippen MR) is 103 cm³/mol. The first kappa shape index (κ1) is 19.7. The van der Waals surface area contributed by atoms with E-state index in [-0.39, 0.29) is 5.91 Å². The first-order chi connectivity index (χ1) is 13.4. The average molecular weight is 401 g/mol. The normalized spacial score (nSPS) is 11.6.